The van der Waals surface area contributed by atoms with Crippen molar-refractivity contribution in [2.75, 3.05) is 0 Å². The molecule has 0 radical (unpaired) electrons. The number of carbonyl (C=O) groups excluding carboxylic acids is 1. The Labute approximate surface area is 143 Å². The number of ketones is 1. The van der Waals surface area contributed by atoms with E-state index in [1.807, 2.05) is 30.3 Å². The molecular weight excluding hydrogens is 371 g/mol. The SMILES string of the molecule is CCCC/C(I)=C(\CCCC)CCC(=O)c1ccccc1. The van der Waals surface area contributed by atoms with Gasteiger partial charge in [-0.3, -0.25) is 4.79 Å². The van der Waals surface area contributed by atoms with Crippen LogP contribution < -0.4 is 0 Å². The summed E-state index contributed by atoms with van der Waals surface area (Å²) < 4.78 is 1.49. The first kappa shape index (κ1) is 18.4. The zero-order valence-electron chi connectivity index (χ0n) is 13.3. The van der Waals surface area contributed by atoms with Crippen LogP contribution in [-0.2, 0) is 0 Å². The van der Waals surface area contributed by atoms with Crippen LogP contribution in [0.2, 0.25) is 0 Å². The quantitative estimate of drug-likeness (QED) is 0.316. The molecular formula is C19H27IO. The number of rotatable bonds is 10. The van der Waals surface area contributed by atoms with Crippen molar-refractivity contribution < 1.29 is 4.79 Å². The average Bonchev–Trinajstić information content (AvgIpc) is 2.53. The van der Waals surface area contributed by atoms with E-state index in [0.717, 1.165) is 18.4 Å². The highest BCUT2D eigenvalue weighted by atomic mass is 127. The van der Waals surface area contributed by atoms with Gasteiger partial charge < -0.3 is 0 Å². The smallest absolute Gasteiger partial charge is 0.163 e. The molecule has 0 saturated carbocycles. The monoisotopic (exact) mass is 398 g/mol. The third-order valence-electron chi connectivity index (χ3n) is 3.72. The third-order valence-corrected chi connectivity index (χ3v) is 5.02. The van der Waals surface area contributed by atoms with Gasteiger partial charge in [0.25, 0.3) is 0 Å². The van der Waals surface area contributed by atoms with E-state index >= 15 is 0 Å². The Hall–Kier alpha value is -0.640. The maximum absolute atomic E-state index is 12.2. The van der Waals surface area contributed by atoms with Crippen molar-refractivity contribution in [2.24, 2.45) is 0 Å². The van der Waals surface area contributed by atoms with E-state index < -0.39 is 0 Å². The summed E-state index contributed by atoms with van der Waals surface area (Å²) in [4.78, 5) is 12.2. The average molecular weight is 398 g/mol. The maximum atomic E-state index is 12.2. The lowest BCUT2D eigenvalue weighted by atomic mass is 9.98. The van der Waals surface area contributed by atoms with Crippen molar-refractivity contribution in [2.45, 2.75) is 65.2 Å². The fourth-order valence-corrected chi connectivity index (χ4v) is 3.25. The molecule has 0 aromatic heterocycles. The number of benzene rings is 1. The molecule has 0 amide bonds. The Morgan fingerprint density at radius 3 is 2.14 bits per heavy atom. The van der Waals surface area contributed by atoms with Crippen LogP contribution in [0.25, 0.3) is 0 Å². The van der Waals surface area contributed by atoms with Gasteiger partial charge in [-0.05, 0) is 58.3 Å². The summed E-state index contributed by atoms with van der Waals surface area (Å²) in [5.74, 6) is 0.268. The van der Waals surface area contributed by atoms with Crippen molar-refractivity contribution >= 4 is 28.4 Å². The number of hydrogen-bond donors (Lipinski definition) is 0. The molecule has 0 N–H and O–H groups in total. The first-order valence-electron chi connectivity index (χ1n) is 8.13. The minimum atomic E-state index is 0.268. The zero-order valence-corrected chi connectivity index (χ0v) is 15.5. The fraction of sp³-hybridized carbons (Fsp3) is 0.526. The van der Waals surface area contributed by atoms with Crippen molar-refractivity contribution in [1.29, 1.82) is 0 Å². The van der Waals surface area contributed by atoms with Gasteiger partial charge in [-0.1, -0.05) is 62.6 Å². The largest absolute Gasteiger partial charge is 0.294 e. The summed E-state index contributed by atoms with van der Waals surface area (Å²) in [7, 11) is 0. The van der Waals surface area contributed by atoms with Crippen LogP contribution in [0.15, 0.2) is 39.5 Å². The molecule has 1 aromatic carbocycles. The summed E-state index contributed by atoms with van der Waals surface area (Å²) in [6, 6.07) is 9.66. The molecule has 2 heteroatoms. The van der Waals surface area contributed by atoms with Gasteiger partial charge in [0, 0.05) is 12.0 Å². The lowest BCUT2D eigenvalue weighted by Gasteiger charge is -2.11. The lowest BCUT2D eigenvalue weighted by Crippen LogP contribution is -2.00. The highest BCUT2D eigenvalue weighted by Gasteiger charge is 2.09. The standard InChI is InChI=1S/C19H27IO/c1-3-5-10-16(18(20)13-6-4-2)14-15-19(21)17-11-8-7-9-12-17/h7-9,11-12H,3-6,10,13-15H2,1-2H3/b18-16-. The van der Waals surface area contributed by atoms with Crippen LogP contribution >= 0.6 is 22.6 Å². The normalized spacial score (nSPS) is 12.1. The first-order chi connectivity index (χ1) is 10.2. The molecule has 1 aromatic rings. The third kappa shape index (κ3) is 7.25. The molecule has 0 heterocycles. The summed E-state index contributed by atoms with van der Waals surface area (Å²) >= 11 is 2.50. The fourth-order valence-electron chi connectivity index (χ4n) is 2.33. The van der Waals surface area contributed by atoms with E-state index in [0.29, 0.717) is 6.42 Å². The predicted molar refractivity (Wildman–Crippen MR) is 100 cm³/mol. The molecule has 0 aliphatic heterocycles. The second-order valence-corrected chi connectivity index (χ2v) is 6.81. The molecule has 0 atom stereocenters. The Kier molecular flexibility index (Phi) is 9.64. The van der Waals surface area contributed by atoms with E-state index in [9.17, 15) is 4.79 Å². The highest BCUT2D eigenvalue weighted by molar-refractivity contribution is 14.1. The number of carbonyl (C=O) groups is 1. The van der Waals surface area contributed by atoms with Gasteiger partial charge in [0.1, 0.15) is 0 Å². The topological polar surface area (TPSA) is 17.1 Å². The van der Waals surface area contributed by atoms with Gasteiger partial charge >= 0.3 is 0 Å². The second-order valence-electron chi connectivity index (χ2n) is 5.50. The Morgan fingerprint density at radius 2 is 1.52 bits per heavy atom. The van der Waals surface area contributed by atoms with Crippen molar-refractivity contribution in [3.05, 3.63) is 45.0 Å². The molecule has 21 heavy (non-hydrogen) atoms. The van der Waals surface area contributed by atoms with Gasteiger partial charge in [-0.15, -0.1) is 0 Å². The van der Waals surface area contributed by atoms with E-state index in [-0.39, 0.29) is 5.78 Å². The molecule has 0 fully saturated rings. The highest BCUT2D eigenvalue weighted by Crippen LogP contribution is 2.27. The number of Topliss-reactive ketones (excluding diaryl/α,β-unsaturated/α-hetero) is 1. The van der Waals surface area contributed by atoms with Gasteiger partial charge in [0.2, 0.25) is 0 Å². The van der Waals surface area contributed by atoms with Gasteiger partial charge in [-0.2, -0.15) is 0 Å². The Morgan fingerprint density at radius 1 is 0.905 bits per heavy atom. The minimum absolute atomic E-state index is 0.268. The second kappa shape index (κ2) is 11.0. The van der Waals surface area contributed by atoms with Crippen LogP contribution in [0.4, 0.5) is 0 Å². The number of halogens is 1. The van der Waals surface area contributed by atoms with E-state index in [1.165, 1.54) is 41.3 Å². The number of allylic oxidation sites excluding steroid dienone is 2. The molecule has 1 nitrogen and oxygen atoms in total. The first-order valence-corrected chi connectivity index (χ1v) is 9.21. The van der Waals surface area contributed by atoms with Crippen LogP contribution in [0.5, 0.6) is 0 Å². The van der Waals surface area contributed by atoms with Gasteiger partial charge in [-0.25, -0.2) is 0 Å². The summed E-state index contributed by atoms with van der Waals surface area (Å²) in [6.07, 6.45) is 8.83. The summed E-state index contributed by atoms with van der Waals surface area (Å²) in [6.45, 7) is 4.46. The summed E-state index contributed by atoms with van der Waals surface area (Å²) in [5.41, 5.74) is 2.35. The van der Waals surface area contributed by atoms with E-state index in [1.54, 1.807) is 0 Å². The predicted octanol–water partition coefficient (Wildman–Crippen LogP) is 6.72. The molecule has 0 aliphatic carbocycles. The van der Waals surface area contributed by atoms with E-state index in [4.69, 9.17) is 0 Å². The van der Waals surface area contributed by atoms with Gasteiger partial charge in [0.05, 0.1) is 0 Å². The minimum Gasteiger partial charge on any atom is -0.294 e. The van der Waals surface area contributed by atoms with E-state index in [2.05, 4.69) is 36.4 Å². The zero-order chi connectivity index (χ0) is 15.5. The Bertz CT molecular complexity index is 448. The molecule has 1 rings (SSSR count). The van der Waals surface area contributed by atoms with Gasteiger partial charge in [0.15, 0.2) is 5.78 Å². The molecule has 0 bridgehead atoms. The molecule has 0 saturated heterocycles. The molecule has 0 spiro atoms. The molecule has 0 unspecified atom stereocenters. The van der Waals surface area contributed by atoms with Crippen molar-refractivity contribution in [3.8, 4) is 0 Å². The molecule has 116 valence electrons. The van der Waals surface area contributed by atoms with Crippen molar-refractivity contribution in [3.63, 3.8) is 0 Å². The van der Waals surface area contributed by atoms with Crippen LogP contribution in [-0.4, -0.2) is 5.78 Å². The van der Waals surface area contributed by atoms with Crippen molar-refractivity contribution in [1.82, 2.24) is 0 Å². The maximum Gasteiger partial charge on any atom is 0.163 e. The lowest BCUT2D eigenvalue weighted by molar-refractivity contribution is 0.0982. The van der Waals surface area contributed by atoms with Crippen LogP contribution in [0, 0.1) is 0 Å². The summed E-state index contributed by atoms with van der Waals surface area (Å²) in [5, 5.41) is 0. The molecule has 0 aliphatic rings. The number of hydrogen-bond acceptors (Lipinski definition) is 1. The van der Waals surface area contributed by atoms with Crippen LogP contribution in [0.3, 0.4) is 0 Å². The van der Waals surface area contributed by atoms with Crippen LogP contribution in [0.1, 0.15) is 75.6 Å². The Balaban J connectivity index is 2.62. The number of unbranched alkanes of at least 4 members (excludes halogenated alkanes) is 2.